The number of rotatable bonds is 5. The van der Waals surface area contributed by atoms with Crippen molar-refractivity contribution in [3.05, 3.63) is 24.3 Å². The average Bonchev–Trinajstić information content (AvgIpc) is 3.13. The molecule has 1 N–H and O–H groups in total. The van der Waals surface area contributed by atoms with Crippen LogP contribution in [0.25, 0.3) is 0 Å². The molecule has 1 aromatic rings. The Morgan fingerprint density at radius 3 is 2.71 bits per heavy atom. The van der Waals surface area contributed by atoms with E-state index in [1.54, 1.807) is 0 Å². The molecule has 1 saturated heterocycles. The Morgan fingerprint density at radius 1 is 1.17 bits per heavy atom. The topological polar surface area (TPSA) is 58.6 Å². The summed E-state index contributed by atoms with van der Waals surface area (Å²) in [5.41, 5.74) is 0.743. The Balaban J connectivity index is 1.36. The van der Waals surface area contributed by atoms with E-state index in [9.17, 15) is 9.59 Å². The molecule has 2 amide bonds. The van der Waals surface area contributed by atoms with Gasteiger partial charge in [0, 0.05) is 30.8 Å². The second-order valence-corrected chi connectivity index (χ2v) is 7.22. The summed E-state index contributed by atoms with van der Waals surface area (Å²) in [4.78, 5) is 26.3. The fourth-order valence-electron chi connectivity index (χ4n) is 3.74. The molecule has 1 aromatic carbocycles. The minimum absolute atomic E-state index is 0.0653. The molecule has 24 heavy (non-hydrogen) atoms. The third kappa shape index (κ3) is 3.40. The molecule has 0 bridgehead atoms. The van der Waals surface area contributed by atoms with Crippen molar-refractivity contribution < 1.29 is 14.3 Å². The van der Waals surface area contributed by atoms with Gasteiger partial charge in [-0.3, -0.25) is 9.59 Å². The number of nitrogens with zero attached hydrogens (tertiary/aromatic N) is 1. The lowest BCUT2D eigenvalue weighted by molar-refractivity contribution is -0.128. The molecular weight excluding hydrogens is 304 g/mol. The Hall–Kier alpha value is -2.04. The summed E-state index contributed by atoms with van der Waals surface area (Å²) < 4.78 is 5.98. The first kappa shape index (κ1) is 15.5. The van der Waals surface area contributed by atoms with Gasteiger partial charge < -0.3 is 15.0 Å². The number of hydrogen-bond donors (Lipinski definition) is 1. The molecular formula is C19H24N2O3. The van der Waals surface area contributed by atoms with Crippen molar-refractivity contribution in [1.29, 1.82) is 0 Å². The summed E-state index contributed by atoms with van der Waals surface area (Å²) in [5, 5.41) is 2.95. The lowest BCUT2D eigenvalue weighted by Gasteiger charge is -2.16. The van der Waals surface area contributed by atoms with Crippen molar-refractivity contribution in [3.8, 4) is 5.75 Å². The van der Waals surface area contributed by atoms with E-state index < -0.39 is 0 Å². The molecule has 1 heterocycles. The van der Waals surface area contributed by atoms with E-state index in [0.717, 1.165) is 37.1 Å². The quantitative estimate of drug-likeness (QED) is 0.904. The van der Waals surface area contributed by atoms with Gasteiger partial charge in [0.2, 0.25) is 11.8 Å². The number of hydrogen-bond acceptors (Lipinski definition) is 3. The highest BCUT2D eigenvalue weighted by atomic mass is 16.5. The highest BCUT2D eigenvalue weighted by Crippen LogP contribution is 2.33. The van der Waals surface area contributed by atoms with Crippen LogP contribution >= 0.6 is 0 Å². The van der Waals surface area contributed by atoms with E-state index in [0.29, 0.717) is 25.1 Å². The van der Waals surface area contributed by atoms with E-state index in [4.69, 9.17) is 4.74 Å². The maximum atomic E-state index is 12.5. The van der Waals surface area contributed by atoms with Crippen molar-refractivity contribution in [2.24, 2.45) is 5.92 Å². The monoisotopic (exact) mass is 328 g/mol. The van der Waals surface area contributed by atoms with E-state index >= 15 is 0 Å². The Bertz CT molecular complexity index is 635. The molecule has 0 aromatic heterocycles. The number of nitrogens with one attached hydrogen (secondary N) is 1. The molecule has 0 spiro atoms. The van der Waals surface area contributed by atoms with Gasteiger partial charge in [0.15, 0.2) is 0 Å². The molecule has 3 fully saturated rings. The van der Waals surface area contributed by atoms with Gasteiger partial charge in [0.25, 0.3) is 0 Å². The smallest absolute Gasteiger partial charge is 0.229 e. The summed E-state index contributed by atoms with van der Waals surface area (Å²) in [6, 6.07) is 7.97. The summed E-state index contributed by atoms with van der Waals surface area (Å²) in [7, 11) is 0. The van der Waals surface area contributed by atoms with Crippen molar-refractivity contribution in [3.63, 3.8) is 0 Å². The zero-order valence-electron chi connectivity index (χ0n) is 13.9. The second kappa shape index (κ2) is 6.46. The van der Waals surface area contributed by atoms with Gasteiger partial charge in [0.05, 0.1) is 12.0 Å². The zero-order valence-corrected chi connectivity index (χ0v) is 13.9. The van der Waals surface area contributed by atoms with Crippen LogP contribution in [0.3, 0.4) is 0 Å². The molecule has 3 aliphatic rings. The Kier molecular flexibility index (Phi) is 4.17. The molecule has 2 aliphatic carbocycles. The van der Waals surface area contributed by atoms with Gasteiger partial charge in [-0.15, -0.1) is 0 Å². The van der Waals surface area contributed by atoms with Crippen molar-refractivity contribution in [1.82, 2.24) is 4.90 Å². The van der Waals surface area contributed by atoms with Crippen LogP contribution in [0.5, 0.6) is 5.75 Å². The molecule has 5 nitrogen and oxygen atoms in total. The molecule has 2 saturated carbocycles. The minimum Gasteiger partial charge on any atom is -0.490 e. The number of amides is 2. The fourth-order valence-corrected chi connectivity index (χ4v) is 3.74. The standard InChI is InChI=1S/C19H24N2O3/c22-18-10-13(12-21(18)15-8-9-15)19(23)20-14-4-3-7-17(11-14)24-16-5-1-2-6-16/h3-4,7,11,13,15-16H,1-2,5-6,8-10,12H2,(H,20,23)/t13-/m0/s1. The normalized spacial score (nSPS) is 24.4. The number of carbonyl (C=O) groups excluding carboxylic acids is 2. The fraction of sp³-hybridized carbons (Fsp3) is 0.579. The third-order valence-electron chi connectivity index (χ3n) is 5.22. The Morgan fingerprint density at radius 2 is 1.96 bits per heavy atom. The molecule has 1 atom stereocenters. The van der Waals surface area contributed by atoms with Crippen LogP contribution in [0.2, 0.25) is 0 Å². The van der Waals surface area contributed by atoms with Crippen LogP contribution in [0.1, 0.15) is 44.9 Å². The largest absolute Gasteiger partial charge is 0.490 e. The SMILES string of the molecule is O=C(Nc1cccc(OC2CCCC2)c1)[C@H]1CC(=O)N(C2CC2)C1. The van der Waals surface area contributed by atoms with Gasteiger partial charge in [-0.05, 0) is 50.7 Å². The second-order valence-electron chi connectivity index (χ2n) is 7.22. The van der Waals surface area contributed by atoms with Gasteiger partial charge >= 0.3 is 0 Å². The lowest BCUT2D eigenvalue weighted by atomic mass is 10.1. The number of benzene rings is 1. The Labute approximate surface area is 142 Å². The maximum Gasteiger partial charge on any atom is 0.229 e. The lowest BCUT2D eigenvalue weighted by Crippen LogP contribution is -2.29. The molecule has 0 unspecified atom stereocenters. The van der Waals surface area contributed by atoms with Gasteiger partial charge in [0.1, 0.15) is 5.75 Å². The van der Waals surface area contributed by atoms with Crippen molar-refractivity contribution in [2.75, 3.05) is 11.9 Å². The highest BCUT2D eigenvalue weighted by molar-refractivity contribution is 5.97. The van der Waals surface area contributed by atoms with Crippen LogP contribution in [0.4, 0.5) is 5.69 Å². The molecule has 4 rings (SSSR count). The van der Waals surface area contributed by atoms with Gasteiger partial charge in [-0.1, -0.05) is 6.07 Å². The van der Waals surface area contributed by atoms with Crippen LogP contribution in [-0.2, 0) is 9.59 Å². The first-order chi connectivity index (χ1) is 11.7. The van der Waals surface area contributed by atoms with Gasteiger partial charge in [-0.25, -0.2) is 0 Å². The number of anilines is 1. The van der Waals surface area contributed by atoms with E-state index in [-0.39, 0.29) is 17.7 Å². The number of carbonyl (C=O) groups is 2. The summed E-state index contributed by atoms with van der Waals surface area (Å²) >= 11 is 0. The minimum atomic E-state index is -0.238. The predicted molar refractivity (Wildman–Crippen MR) is 90.8 cm³/mol. The van der Waals surface area contributed by atoms with Crippen molar-refractivity contribution >= 4 is 17.5 Å². The molecule has 128 valence electrons. The zero-order chi connectivity index (χ0) is 16.5. The number of ether oxygens (including phenoxy) is 1. The maximum absolute atomic E-state index is 12.5. The van der Waals surface area contributed by atoms with Crippen LogP contribution < -0.4 is 10.1 Å². The van der Waals surface area contributed by atoms with E-state index in [2.05, 4.69) is 5.32 Å². The van der Waals surface area contributed by atoms with Crippen LogP contribution in [-0.4, -0.2) is 35.4 Å². The van der Waals surface area contributed by atoms with Crippen LogP contribution in [0, 0.1) is 5.92 Å². The summed E-state index contributed by atoms with van der Waals surface area (Å²) in [6.07, 6.45) is 7.48. The summed E-state index contributed by atoms with van der Waals surface area (Å²) in [6.45, 7) is 0.563. The average molecular weight is 328 g/mol. The molecule has 0 radical (unpaired) electrons. The first-order valence-corrected chi connectivity index (χ1v) is 9.06. The number of likely N-dealkylation sites (tertiary alicyclic amines) is 1. The van der Waals surface area contributed by atoms with Crippen LogP contribution in [0.15, 0.2) is 24.3 Å². The summed E-state index contributed by atoms with van der Waals surface area (Å²) in [5.74, 6) is 0.625. The highest BCUT2D eigenvalue weighted by Gasteiger charge is 2.41. The van der Waals surface area contributed by atoms with E-state index in [1.165, 1.54) is 12.8 Å². The first-order valence-electron chi connectivity index (χ1n) is 9.06. The van der Waals surface area contributed by atoms with Gasteiger partial charge in [-0.2, -0.15) is 0 Å². The molecule has 1 aliphatic heterocycles. The molecule has 5 heteroatoms. The predicted octanol–water partition coefficient (Wildman–Crippen LogP) is 2.96. The van der Waals surface area contributed by atoms with Crippen molar-refractivity contribution in [2.45, 2.75) is 57.1 Å². The third-order valence-corrected chi connectivity index (χ3v) is 5.22. The van der Waals surface area contributed by atoms with E-state index in [1.807, 2.05) is 29.2 Å².